The Morgan fingerprint density at radius 3 is 1.61 bits per heavy atom. The highest BCUT2D eigenvalue weighted by Gasteiger charge is 2.28. The van der Waals surface area contributed by atoms with Crippen LogP contribution in [0.2, 0.25) is 0 Å². The van der Waals surface area contributed by atoms with Crippen LogP contribution in [0.3, 0.4) is 0 Å². The van der Waals surface area contributed by atoms with Crippen LogP contribution in [0.4, 0.5) is 0 Å². The van der Waals surface area contributed by atoms with Gasteiger partial charge in [0.15, 0.2) is 6.10 Å². The van der Waals surface area contributed by atoms with Crippen LogP contribution in [0.5, 0.6) is 0 Å². The van der Waals surface area contributed by atoms with E-state index in [2.05, 4.69) is 42.7 Å². The van der Waals surface area contributed by atoms with Gasteiger partial charge in [-0.25, -0.2) is 4.57 Å². The van der Waals surface area contributed by atoms with Crippen molar-refractivity contribution < 1.29 is 47.5 Å². The Balaban J connectivity index is 4.46. The molecule has 1 unspecified atom stereocenters. The normalized spacial score (nSPS) is 14.4. The van der Waals surface area contributed by atoms with Gasteiger partial charge in [0, 0.05) is 12.8 Å². The molecule has 0 aromatic rings. The lowest BCUT2D eigenvalue weighted by Gasteiger charge is -2.20. The first-order valence-electron chi connectivity index (χ1n) is 20.4. The molecule has 0 radical (unpaired) electrons. The van der Waals surface area contributed by atoms with Crippen LogP contribution in [0, 0.1) is 0 Å². The van der Waals surface area contributed by atoms with Gasteiger partial charge in [0.2, 0.25) is 0 Å². The standard InChI is InChI=1S/C42H72NO10P/c1-3-5-7-9-11-13-15-17-19-21-23-25-27-29-31-33-40(44)50-35-38(36-51-54(48,49)52-37-39(43)42(46)47)53-41(45)34-32-30-28-26-24-22-20-18-16-14-12-10-8-6-4-2/h5,7,9,11,13-17,19,38-39H,3-4,6,8,10,12,18,20-37,43H2,1-2H3,(H,46,47)(H,48,49)/b7-5+,11-9+,15-13+,16-14+,19-17+/t38-,39+/m1/s1. The molecule has 0 fully saturated rings. The molecule has 0 heterocycles. The van der Waals surface area contributed by atoms with Crippen LogP contribution in [-0.4, -0.2) is 59.9 Å². The van der Waals surface area contributed by atoms with E-state index in [4.69, 9.17) is 24.8 Å². The molecule has 0 amide bonds. The molecule has 54 heavy (non-hydrogen) atoms. The first kappa shape index (κ1) is 51.2. The van der Waals surface area contributed by atoms with Crippen LogP contribution < -0.4 is 5.73 Å². The number of hydrogen-bond acceptors (Lipinski definition) is 9. The van der Waals surface area contributed by atoms with Gasteiger partial charge in [-0.3, -0.25) is 23.4 Å². The number of rotatable bonds is 37. The Bertz CT molecular complexity index is 1150. The van der Waals surface area contributed by atoms with Crippen molar-refractivity contribution >= 4 is 25.7 Å². The Labute approximate surface area is 326 Å². The fourth-order valence-electron chi connectivity index (χ4n) is 5.13. The summed E-state index contributed by atoms with van der Waals surface area (Å²) in [5, 5.41) is 8.87. The number of nitrogens with two attached hydrogens (primary N) is 1. The molecular formula is C42H72NO10P. The highest BCUT2D eigenvalue weighted by atomic mass is 31.2. The molecular weight excluding hydrogens is 709 g/mol. The molecule has 0 rings (SSSR count). The highest BCUT2D eigenvalue weighted by molar-refractivity contribution is 7.47. The number of allylic oxidation sites excluding steroid dienone is 10. The minimum atomic E-state index is -4.72. The van der Waals surface area contributed by atoms with Gasteiger partial charge in [-0.1, -0.05) is 145 Å². The molecule has 0 saturated carbocycles. The smallest absolute Gasteiger partial charge is 0.472 e. The van der Waals surface area contributed by atoms with E-state index in [9.17, 15) is 23.8 Å². The third-order valence-corrected chi connectivity index (χ3v) is 9.29. The zero-order valence-corrected chi connectivity index (χ0v) is 34.2. The molecule has 12 heteroatoms. The van der Waals surface area contributed by atoms with Crippen LogP contribution in [0.25, 0.3) is 0 Å². The SMILES string of the molecule is CC/C=C/C=C/C=C/C=C/CCCCCCCC(=O)OC[C@H](COP(=O)(O)OC[C@H](N)C(=O)O)OC(=O)CCCCCCCCC/C=C/CCCCCC. The van der Waals surface area contributed by atoms with Gasteiger partial charge in [-0.2, -0.15) is 0 Å². The van der Waals surface area contributed by atoms with Crippen molar-refractivity contribution in [1.29, 1.82) is 0 Å². The quantitative estimate of drug-likeness (QED) is 0.0180. The van der Waals surface area contributed by atoms with Gasteiger partial charge in [0.05, 0.1) is 13.2 Å². The molecule has 0 bridgehead atoms. The molecule has 0 aliphatic rings. The summed E-state index contributed by atoms with van der Waals surface area (Å²) in [6, 6.07) is -1.53. The molecule has 0 aromatic heterocycles. The number of ether oxygens (including phenoxy) is 2. The van der Waals surface area contributed by atoms with E-state index in [-0.39, 0.29) is 19.4 Å². The summed E-state index contributed by atoms with van der Waals surface area (Å²) < 4.78 is 32.6. The molecule has 0 saturated heterocycles. The van der Waals surface area contributed by atoms with Crippen molar-refractivity contribution in [2.24, 2.45) is 5.73 Å². The van der Waals surface area contributed by atoms with Gasteiger partial charge < -0.3 is 25.2 Å². The number of carbonyl (C=O) groups excluding carboxylic acids is 2. The zero-order chi connectivity index (χ0) is 40.0. The lowest BCUT2D eigenvalue weighted by atomic mass is 10.1. The summed E-state index contributed by atoms with van der Waals surface area (Å²) >= 11 is 0. The van der Waals surface area contributed by atoms with E-state index in [1.807, 2.05) is 36.5 Å². The summed E-state index contributed by atoms with van der Waals surface area (Å²) in [5.41, 5.74) is 5.32. The topological polar surface area (TPSA) is 172 Å². The third kappa shape index (κ3) is 36.2. The largest absolute Gasteiger partial charge is 0.480 e. The van der Waals surface area contributed by atoms with Gasteiger partial charge in [-0.15, -0.1) is 0 Å². The highest BCUT2D eigenvalue weighted by Crippen LogP contribution is 2.43. The molecule has 0 spiro atoms. The fraction of sp³-hybridized carbons (Fsp3) is 0.690. The predicted molar refractivity (Wildman–Crippen MR) is 217 cm³/mol. The fourth-order valence-corrected chi connectivity index (χ4v) is 5.91. The van der Waals surface area contributed by atoms with E-state index in [1.54, 1.807) is 0 Å². The molecule has 310 valence electrons. The van der Waals surface area contributed by atoms with E-state index in [0.717, 1.165) is 70.6 Å². The Hall–Kier alpha value is -2.82. The van der Waals surface area contributed by atoms with Gasteiger partial charge in [0.25, 0.3) is 0 Å². The lowest BCUT2D eigenvalue weighted by Crippen LogP contribution is -2.34. The van der Waals surface area contributed by atoms with Crippen molar-refractivity contribution in [3.05, 3.63) is 60.8 Å². The van der Waals surface area contributed by atoms with Gasteiger partial charge in [0.1, 0.15) is 12.6 Å². The maximum absolute atomic E-state index is 12.6. The number of phosphoric acid groups is 1. The second kappa shape index (κ2) is 37.1. The summed E-state index contributed by atoms with van der Waals surface area (Å²) in [7, 11) is -4.72. The second-order valence-corrected chi connectivity index (χ2v) is 14.9. The average Bonchev–Trinajstić information content (AvgIpc) is 3.14. The van der Waals surface area contributed by atoms with Crippen molar-refractivity contribution in [1.82, 2.24) is 0 Å². The molecule has 4 N–H and O–H groups in total. The summed E-state index contributed by atoms with van der Waals surface area (Å²) in [6.07, 6.45) is 41.4. The van der Waals surface area contributed by atoms with Crippen molar-refractivity contribution in [3.8, 4) is 0 Å². The maximum Gasteiger partial charge on any atom is 0.472 e. The number of esters is 2. The monoisotopic (exact) mass is 781 g/mol. The number of hydrogen-bond donors (Lipinski definition) is 3. The number of unbranched alkanes of at least 4 members (excludes halogenated alkanes) is 16. The van der Waals surface area contributed by atoms with Crippen molar-refractivity contribution in [2.75, 3.05) is 19.8 Å². The summed E-state index contributed by atoms with van der Waals surface area (Å²) in [6.45, 7) is 2.60. The average molecular weight is 782 g/mol. The number of phosphoric ester groups is 1. The zero-order valence-electron chi connectivity index (χ0n) is 33.3. The number of carboxylic acids is 1. The predicted octanol–water partition coefficient (Wildman–Crippen LogP) is 10.4. The van der Waals surface area contributed by atoms with E-state index < -0.39 is 51.1 Å². The van der Waals surface area contributed by atoms with Crippen molar-refractivity contribution in [2.45, 2.75) is 167 Å². The van der Waals surface area contributed by atoms with E-state index in [0.29, 0.717) is 12.8 Å². The molecule has 3 atom stereocenters. The van der Waals surface area contributed by atoms with Crippen LogP contribution >= 0.6 is 7.82 Å². The Morgan fingerprint density at radius 2 is 1.06 bits per heavy atom. The van der Waals surface area contributed by atoms with Gasteiger partial charge in [-0.05, 0) is 57.8 Å². The Morgan fingerprint density at radius 1 is 0.593 bits per heavy atom. The summed E-state index contributed by atoms with van der Waals surface area (Å²) in [5.74, 6) is -2.42. The molecule has 0 aromatic carbocycles. The first-order valence-corrected chi connectivity index (χ1v) is 21.9. The van der Waals surface area contributed by atoms with Gasteiger partial charge >= 0.3 is 25.7 Å². The third-order valence-electron chi connectivity index (χ3n) is 8.34. The lowest BCUT2D eigenvalue weighted by molar-refractivity contribution is -0.161. The molecule has 0 aliphatic carbocycles. The molecule has 11 nitrogen and oxygen atoms in total. The summed E-state index contributed by atoms with van der Waals surface area (Å²) in [4.78, 5) is 45.9. The first-order chi connectivity index (χ1) is 26.1. The minimum absolute atomic E-state index is 0.148. The van der Waals surface area contributed by atoms with Crippen molar-refractivity contribution in [3.63, 3.8) is 0 Å². The number of aliphatic carboxylic acids is 1. The number of carbonyl (C=O) groups is 3. The van der Waals surface area contributed by atoms with Crippen LogP contribution in [0.1, 0.15) is 155 Å². The van der Waals surface area contributed by atoms with Crippen LogP contribution in [-0.2, 0) is 37.5 Å². The molecule has 0 aliphatic heterocycles. The van der Waals surface area contributed by atoms with E-state index >= 15 is 0 Å². The van der Waals surface area contributed by atoms with Crippen LogP contribution in [0.15, 0.2) is 60.8 Å². The van der Waals surface area contributed by atoms with E-state index in [1.165, 1.54) is 44.9 Å². The number of carboxylic acid groups (broad SMARTS) is 1. The minimum Gasteiger partial charge on any atom is -0.480 e. The maximum atomic E-state index is 12.6. The second-order valence-electron chi connectivity index (χ2n) is 13.5. The Kier molecular flexibility index (Phi) is 35.2.